The van der Waals surface area contributed by atoms with Gasteiger partial charge in [0.2, 0.25) is 5.95 Å². The van der Waals surface area contributed by atoms with Gasteiger partial charge in [-0.2, -0.15) is 0 Å². The van der Waals surface area contributed by atoms with Crippen molar-refractivity contribution in [1.29, 1.82) is 0 Å². The Balaban J connectivity index is 1.43. The van der Waals surface area contributed by atoms with Crippen LogP contribution in [0.1, 0.15) is 25.1 Å². The van der Waals surface area contributed by atoms with Crippen molar-refractivity contribution in [2.45, 2.75) is 19.3 Å². The summed E-state index contributed by atoms with van der Waals surface area (Å²) in [6.45, 7) is 4.55. The summed E-state index contributed by atoms with van der Waals surface area (Å²) in [5.41, 5.74) is 10.4. The largest absolute Gasteiger partial charge is 0.456 e. The molecule has 0 bridgehead atoms. The lowest BCUT2D eigenvalue weighted by atomic mass is 9.85. The summed E-state index contributed by atoms with van der Waals surface area (Å²) in [5.74, 6) is 0.682. The van der Waals surface area contributed by atoms with E-state index >= 15 is 0 Å². The average Bonchev–Trinajstić information content (AvgIpc) is 3.62. The number of para-hydroxylation sites is 2. The first-order valence-corrected chi connectivity index (χ1v) is 14.0. The molecule has 0 radical (unpaired) electrons. The molecular formula is C37H25N3O. The number of nitrogens with zero attached hydrogens (tertiary/aromatic N) is 3. The van der Waals surface area contributed by atoms with Gasteiger partial charge in [-0.05, 0) is 35.4 Å². The molecule has 4 nitrogen and oxygen atoms in total. The number of aromatic nitrogens is 3. The smallest absolute Gasteiger partial charge is 0.235 e. The highest BCUT2D eigenvalue weighted by Crippen LogP contribution is 2.51. The maximum atomic E-state index is 6.28. The molecule has 5 aromatic carbocycles. The third-order valence-electron chi connectivity index (χ3n) is 8.78. The van der Waals surface area contributed by atoms with Crippen LogP contribution in [0.25, 0.3) is 72.1 Å². The molecule has 1 aliphatic rings. The van der Waals surface area contributed by atoms with E-state index in [1.165, 1.54) is 11.1 Å². The van der Waals surface area contributed by atoms with Gasteiger partial charge in [-0.15, -0.1) is 0 Å². The highest BCUT2D eigenvalue weighted by atomic mass is 16.3. The molecule has 0 fully saturated rings. The number of fused-ring (bicyclic) bond motifs is 9. The molecule has 8 aromatic rings. The number of rotatable bonds is 2. The highest BCUT2D eigenvalue weighted by molar-refractivity contribution is 6.17. The van der Waals surface area contributed by atoms with E-state index in [0.717, 1.165) is 66.3 Å². The van der Waals surface area contributed by atoms with Crippen LogP contribution >= 0.6 is 0 Å². The first kappa shape index (κ1) is 22.6. The van der Waals surface area contributed by atoms with Crippen molar-refractivity contribution in [2.75, 3.05) is 0 Å². The van der Waals surface area contributed by atoms with Crippen LogP contribution < -0.4 is 0 Å². The molecule has 0 saturated heterocycles. The predicted octanol–water partition coefficient (Wildman–Crippen LogP) is 9.45. The number of hydrogen-bond donors (Lipinski definition) is 0. The van der Waals surface area contributed by atoms with Gasteiger partial charge in [0.25, 0.3) is 0 Å². The minimum absolute atomic E-state index is 0.264. The summed E-state index contributed by atoms with van der Waals surface area (Å²) in [6.07, 6.45) is 0. The first-order chi connectivity index (χ1) is 20.1. The van der Waals surface area contributed by atoms with Gasteiger partial charge in [-0.1, -0.05) is 105 Å². The van der Waals surface area contributed by atoms with Crippen LogP contribution in [0.3, 0.4) is 0 Å². The lowest BCUT2D eigenvalue weighted by Gasteiger charge is -2.21. The lowest BCUT2D eigenvalue weighted by Crippen LogP contribution is -2.18. The molecule has 3 aromatic heterocycles. The van der Waals surface area contributed by atoms with E-state index in [4.69, 9.17) is 14.4 Å². The Kier molecular flexibility index (Phi) is 4.36. The van der Waals surface area contributed by atoms with Gasteiger partial charge >= 0.3 is 0 Å². The Labute approximate surface area is 236 Å². The van der Waals surface area contributed by atoms with Crippen LogP contribution in [0.2, 0.25) is 0 Å². The van der Waals surface area contributed by atoms with Crippen LogP contribution in [0.5, 0.6) is 0 Å². The summed E-state index contributed by atoms with van der Waals surface area (Å²) in [7, 11) is 0. The van der Waals surface area contributed by atoms with Crippen molar-refractivity contribution in [1.82, 2.24) is 14.5 Å². The van der Waals surface area contributed by atoms with Crippen molar-refractivity contribution >= 4 is 43.7 Å². The van der Waals surface area contributed by atoms with Gasteiger partial charge in [0, 0.05) is 38.1 Å². The summed E-state index contributed by atoms with van der Waals surface area (Å²) < 4.78 is 8.52. The third-order valence-corrected chi connectivity index (χ3v) is 8.78. The molecule has 0 aliphatic heterocycles. The van der Waals surface area contributed by atoms with E-state index in [-0.39, 0.29) is 5.41 Å². The lowest BCUT2D eigenvalue weighted by molar-refractivity contribution is 0.632. The van der Waals surface area contributed by atoms with Crippen LogP contribution in [0.15, 0.2) is 120 Å². The van der Waals surface area contributed by atoms with Gasteiger partial charge < -0.3 is 4.42 Å². The van der Waals surface area contributed by atoms with E-state index in [1.54, 1.807) is 0 Å². The zero-order valence-electron chi connectivity index (χ0n) is 22.7. The molecule has 0 saturated carbocycles. The van der Waals surface area contributed by atoms with E-state index in [1.807, 2.05) is 12.1 Å². The average molecular weight is 528 g/mol. The first-order valence-electron chi connectivity index (χ1n) is 14.0. The molecule has 0 N–H and O–H groups in total. The fraction of sp³-hybridized carbons (Fsp3) is 0.0811. The standard InChI is InChI=1S/C37H25N3O/c1-37(2)28-17-9-6-16-25(28)33-34(22-12-4-3-5-13-22)38-36(39-35(33)37)40-29-18-10-7-14-23(29)26-21-32-27(20-30(26)40)24-15-8-11-19-31(24)41-32/h3-21H,1-2H3. The zero-order valence-corrected chi connectivity index (χ0v) is 22.7. The van der Waals surface area contributed by atoms with Crippen LogP contribution in [-0.2, 0) is 5.41 Å². The molecule has 9 rings (SSSR count). The van der Waals surface area contributed by atoms with Gasteiger partial charge in [0.05, 0.1) is 22.4 Å². The Morgan fingerprint density at radius 3 is 2.22 bits per heavy atom. The number of hydrogen-bond acceptors (Lipinski definition) is 3. The molecule has 3 heterocycles. The summed E-state index contributed by atoms with van der Waals surface area (Å²) in [5, 5.41) is 4.48. The Morgan fingerprint density at radius 1 is 0.610 bits per heavy atom. The Bertz CT molecular complexity index is 2340. The molecular weight excluding hydrogens is 502 g/mol. The van der Waals surface area contributed by atoms with Crippen molar-refractivity contribution < 1.29 is 4.42 Å². The fourth-order valence-corrected chi connectivity index (χ4v) is 6.84. The van der Waals surface area contributed by atoms with Crippen molar-refractivity contribution in [3.8, 4) is 28.3 Å². The van der Waals surface area contributed by atoms with Crippen molar-refractivity contribution in [3.63, 3.8) is 0 Å². The quantitative estimate of drug-likeness (QED) is 0.225. The zero-order chi connectivity index (χ0) is 27.3. The molecule has 194 valence electrons. The summed E-state index contributed by atoms with van der Waals surface area (Å²) in [4.78, 5) is 10.8. The van der Waals surface area contributed by atoms with Crippen LogP contribution in [-0.4, -0.2) is 14.5 Å². The van der Waals surface area contributed by atoms with Gasteiger partial charge in [0.15, 0.2) is 0 Å². The molecule has 0 spiro atoms. The topological polar surface area (TPSA) is 43.9 Å². The minimum Gasteiger partial charge on any atom is -0.456 e. The van der Waals surface area contributed by atoms with Crippen molar-refractivity contribution in [3.05, 3.63) is 127 Å². The third kappa shape index (κ3) is 2.99. The Hall–Kier alpha value is -5.22. The fourth-order valence-electron chi connectivity index (χ4n) is 6.84. The normalized spacial score (nSPS) is 13.8. The predicted molar refractivity (Wildman–Crippen MR) is 167 cm³/mol. The summed E-state index contributed by atoms with van der Waals surface area (Å²) in [6, 6.07) is 40.3. The molecule has 41 heavy (non-hydrogen) atoms. The van der Waals surface area contributed by atoms with E-state index < -0.39 is 0 Å². The molecule has 1 aliphatic carbocycles. The Morgan fingerprint density at radius 2 is 1.34 bits per heavy atom. The molecule has 4 heteroatoms. The number of furan rings is 1. The second-order valence-electron chi connectivity index (χ2n) is 11.4. The molecule has 0 atom stereocenters. The van der Waals surface area contributed by atoms with Gasteiger partial charge in [-0.25, -0.2) is 9.97 Å². The van der Waals surface area contributed by atoms with Gasteiger partial charge in [0.1, 0.15) is 11.2 Å². The monoisotopic (exact) mass is 527 g/mol. The van der Waals surface area contributed by atoms with E-state index in [0.29, 0.717) is 5.95 Å². The van der Waals surface area contributed by atoms with Crippen molar-refractivity contribution in [2.24, 2.45) is 0 Å². The SMILES string of the molecule is CC1(C)c2ccccc2-c2c(-c3ccccc3)nc(-n3c4ccccc4c4cc5oc6ccccc6c5cc43)nc21. The number of benzene rings is 5. The summed E-state index contributed by atoms with van der Waals surface area (Å²) >= 11 is 0. The van der Waals surface area contributed by atoms with E-state index in [9.17, 15) is 0 Å². The molecule has 0 unspecified atom stereocenters. The molecule has 0 amide bonds. The van der Waals surface area contributed by atoms with Gasteiger partial charge in [-0.3, -0.25) is 4.57 Å². The minimum atomic E-state index is -0.264. The van der Waals surface area contributed by atoms with E-state index in [2.05, 4.69) is 122 Å². The van der Waals surface area contributed by atoms with Crippen LogP contribution in [0.4, 0.5) is 0 Å². The maximum Gasteiger partial charge on any atom is 0.235 e. The second kappa shape index (κ2) is 7.92. The second-order valence-corrected chi connectivity index (χ2v) is 11.4. The highest BCUT2D eigenvalue weighted by Gasteiger charge is 2.39. The maximum absolute atomic E-state index is 6.28. The van der Waals surface area contributed by atoms with Crippen LogP contribution in [0, 0.1) is 0 Å².